The van der Waals surface area contributed by atoms with Gasteiger partial charge in [-0.05, 0) is 26.0 Å². The highest BCUT2D eigenvalue weighted by Crippen LogP contribution is 2.45. The van der Waals surface area contributed by atoms with E-state index in [4.69, 9.17) is 14.9 Å². The van der Waals surface area contributed by atoms with Crippen LogP contribution in [0.3, 0.4) is 0 Å². The molecule has 0 bridgehead atoms. The SMILES string of the molecule is CCOP(=O)(OCC)c1nc2ccccc2n(N)c1=O. The first-order valence-corrected chi connectivity index (χ1v) is 7.74. The Balaban J connectivity index is 2.73. The molecule has 2 aromatic rings. The van der Waals surface area contributed by atoms with Crippen LogP contribution >= 0.6 is 7.60 Å². The zero-order valence-electron chi connectivity index (χ0n) is 11.3. The fraction of sp³-hybridized carbons (Fsp3) is 0.333. The van der Waals surface area contributed by atoms with Crippen LogP contribution in [-0.4, -0.2) is 22.9 Å². The summed E-state index contributed by atoms with van der Waals surface area (Å²) in [6.07, 6.45) is 0. The van der Waals surface area contributed by atoms with Gasteiger partial charge in [-0.25, -0.2) is 9.66 Å². The van der Waals surface area contributed by atoms with Crippen molar-refractivity contribution < 1.29 is 13.6 Å². The first-order chi connectivity index (χ1) is 9.53. The van der Waals surface area contributed by atoms with Gasteiger partial charge in [0.15, 0.2) is 0 Å². The first-order valence-electron chi connectivity index (χ1n) is 6.20. The van der Waals surface area contributed by atoms with E-state index in [1.54, 1.807) is 38.1 Å². The number of rotatable bonds is 5. The third-order valence-electron chi connectivity index (χ3n) is 2.64. The lowest BCUT2D eigenvalue weighted by molar-refractivity contribution is 0.229. The maximum absolute atomic E-state index is 12.7. The summed E-state index contributed by atoms with van der Waals surface area (Å²) in [6.45, 7) is 3.59. The fourth-order valence-corrected chi connectivity index (χ4v) is 3.39. The lowest BCUT2D eigenvalue weighted by Crippen LogP contribution is -2.41. The van der Waals surface area contributed by atoms with E-state index >= 15 is 0 Å². The van der Waals surface area contributed by atoms with Crippen LogP contribution < -0.4 is 16.8 Å². The minimum Gasteiger partial charge on any atom is -0.336 e. The summed E-state index contributed by atoms with van der Waals surface area (Å²) in [4.78, 5) is 16.3. The number of nitrogens with zero attached hydrogens (tertiary/aromatic N) is 2. The molecule has 0 fully saturated rings. The Labute approximate surface area is 115 Å². The van der Waals surface area contributed by atoms with Gasteiger partial charge in [-0.1, -0.05) is 12.1 Å². The maximum Gasteiger partial charge on any atom is 0.385 e. The average molecular weight is 297 g/mol. The molecule has 1 aromatic carbocycles. The Bertz CT molecular complexity index is 718. The molecule has 0 radical (unpaired) electrons. The van der Waals surface area contributed by atoms with Gasteiger partial charge in [0.1, 0.15) is 0 Å². The molecule has 20 heavy (non-hydrogen) atoms. The van der Waals surface area contributed by atoms with Crippen molar-refractivity contribution in [2.45, 2.75) is 13.8 Å². The van der Waals surface area contributed by atoms with Crippen molar-refractivity contribution >= 4 is 24.1 Å². The summed E-state index contributed by atoms with van der Waals surface area (Å²) in [5.41, 5.74) is -0.0821. The number of benzene rings is 1. The van der Waals surface area contributed by atoms with Crippen molar-refractivity contribution in [2.24, 2.45) is 0 Å². The van der Waals surface area contributed by atoms with Gasteiger partial charge in [0.05, 0.1) is 24.2 Å². The molecule has 0 aliphatic rings. The zero-order valence-corrected chi connectivity index (χ0v) is 12.2. The van der Waals surface area contributed by atoms with Gasteiger partial charge in [-0.15, -0.1) is 0 Å². The van der Waals surface area contributed by atoms with Crippen molar-refractivity contribution in [3.63, 3.8) is 0 Å². The Morgan fingerprint density at radius 1 is 1.25 bits per heavy atom. The molecular formula is C12H16N3O4P. The van der Waals surface area contributed by atoms with Crippen LogP contribution in [-0.2, 0) is 13.6 Å². The topological polar surface area (TPSA) is 96.4 Å². The molecule has 2 N–H and O–H groups in total. The summed E-state index contributed by atoms with van der Waals surface area (Å²) >= 11 is 0. The molecule has 7 nitrogen and oxygen atoms in total. The van der Waals surface area contributed by atoms with Crippen molar-refractivity contribution in [3.8, 4) is 0 Å². The van der Waals surface area contributed by atoms with Gasteiger partial charge < -0.3 is 14.9 Å². The van der Waals surface area contributed by atoms with Crippen LogP contribution in [0.5, 0.6) is 0 Å². The molecule has 0 unspecified atom stereocenters. The smallest absolute Gasteiger partial charge is 0.336 e. The van der Waals surface area contributed by atoms with Crippen LogP contribution in [0, 0.1) is 0 Å². The van der Waals surface area contributed by atoms with Crippen LogP contribution in [0.4, 0.5) is 0 Å². The van der Waals surface area contributed by atoms with Crippen molar-refractivity contribution in [3.05, 3.63) is 34.6 Å². The Kier molecular flexibility index (Phi) is 4.23. The molecule has 0 spiro atoms. The largest absolute Gasteiger partial charge is 0.385 e. The monoisotopic (exact) mass is 297 g/mol. The van der Waals surface area contributed by atoms with Crippen LogP contribution in [0.2, 0.25) is 0 Å². The molecule has 0 atom stereocenters. The minimum absolute atomic E-state index is 0.135. The predicted octanol–water partition coefficient (Wildman–Crippen LogP) is 1.00. The summed E-state index contributed by atoms with van der Waals surface area (Å²) in [7, 11) is -3.77. The number of nitrogen functional groups attached to an aromatic ring is 1. The third kappa shape index (κ3) is 2.47. The van der Waals surface area contributed by atoms with Gasteiger partial charge >= 0.3 is 13.2 Å². The lowest BCUT2D eigenvalue weighted by atomic mass is 10.3. The molecule has 8 heteroatoms. The quantitative estimate of drug-likeness (QED) is 0.653. The highest BCUT2D eigenvalue weighted by atomic mass is 31.2. The van der Waals surface area contributed by atoms with Crippen LogP contribution in [0.15, 0.2) is 29.1 Å². The summed E-state index contributed by atoms with van der Waals surface area (Å²) in [5, 5.41) is 0. The highest BCUT2D eigenvalue weighted by Gasteiger charge is 2.33. The van der Waals surface area contributed by atoms with E-state index in [-0.39, 0.29) is 18.6 Å². The van der Waals surface area contributed by atoms with E-state index in [9.17, 15) is 9.36 Å². The summed E-state index contributed by atoms with van der Waals surface area (Å²) in [5.74, 6) is 5.74. The molecule has 2 rings (SSSR count). The number of para-hydroxylation sites is 2. The standard InChI is InChI=1S/C12H16N3O4P/c1-3-18-20(17,19-4-2)11-12(16)15(13)10-8-6-5-7-9(10)14-11/h5-8H,3-4,13H2,1-2H3. The fourth-order valence-electron chi connectivity index (χ4n) is 1.82. The van der Waals surface area contributed by atoms with Crippen molar-refractivity contribution in [1.29, 1.82) is 0 Å². The molecule has 1 heterocycles. The van der Waals surface area contributed by atoms with Gasteiger partial charge in [0.2, 0.25) is 5.44 Å². The summed E-state index contributed by atoms with van der Waals surface area (Å²) < 4.78 is 23.8. The van der Waals surface area contributed by atoms with E-state index < -0.39 is 13.2 Å². The second-order valence-electron chi connectivity index (χ2n) is 3.93. The van der Waals surface area contributed by atoms with E-state index in [2.05, 4.69) is 4.98 Å². The van der Waals surface area contributed by atoms with Gasteiger partial charge in [-0.2, -0.15) is 0 Å². The Morgan fingerprint density at radius 3 is 2.45 bits per heavy atom. The number of fused-ring (bicyclic) bond motifs is 1. The Morgan fingerprint density at radius 2 is 1.85 bits per heavy atom. The predicted molar refractivity (Wildman–Crippen MR) is 76.6 cm³/mol. The Hall–Kier alpha value is -1.69. The summed E-state index contributed by atoms with van der Waals surface area (Å²) in [6, 6.07) is 6.80. The van der Waals surface area contributed by atoms with E-state index in [0.29, 0.717) is 11.0 Å². The molecule has 0 saturated heterocycles. The van der Waals surface area contributed by atoms with Gasteiger partial charge in [0.25, 0.3) is 0 Å². The lowest BCUT2D eigenvalue weighted by Gasteiger charge is -2.16. The average Bonchev–Trinajstić information content (AvgIpc) is 2.43. The zero-order chi connectivity index (χ0) is 14.8. The van der Waals surface area contributed by atoms with Crippen molar-refractivity contribution in [2.75, 3.05) is 19.1 Å². The van der Waals surface area contributed by atoms with Gasteiger partial charge in [0, 0.05) is 0 Å². The minimum atomic E-state index is -3.77. The molecule has 108 valence electrons. The maximum atomic E-state index is 12.7. The van der Waals surface area contributed by atoms with E-state index in [1.165, 1.54) is 0 Å². The van der Waals surface area contributed by atoms with Crippen molar-refractivity contribution in [1.82, 2.24) is 9.66 Å². The highest BCUT2D eigenvalue weighted by molar-refractivity contribution is 7.61. The second kappa shape index (κ2) is 5.75. The molecular weight excluding hydrogens is 281 g/mol. The van der Waals surface area contributed by atoms with Crippen LogP contribution in [0.25, 0.3) is 11.0 Å². The number of aromatic nitrogens is 2. The number of nitrogens with two attached hydrogens (primary N) is 1. The van der Waals surface area contributed by atoms with E-state index in [0.717, 1.165) is 4.68 Å². The molecule has 0 saturated carbocycles. The normalized spacial score (nSPS) is 11.9. The van der Waals surface area contributed by atoms with Crippen LogP contribution in [0.1, 0.15) is 13.8 Å². The number of hydrogen-bond donors (Lipinski definition) is 1. The first kappa shape index (κ1) is 14.7. The van der Waals surface area contributed by atoms with E-state index in [1.807, 2.05) is 0 Å². The second-order valence-corrected chi connectivity index (χ2v) is 5.87. The molecule has 0 amide bonds. The molecule has 0 aliphatic carbocycles. The van der Waals surface area contributed by atoms with Gasteiger partial charge in [-0.3, -0.25) is 9.36 Å². The third-order valence-corrected chi connectivity index (χ3v) is 4.64. The molecule has 1 aromatic heterocycles. The molecule has 0 aliphatic heterocycles. The number of hydrogen-bond acceptors (Lipinski definition) is 6.